The molecule has 2 rings (SSSR count). The lowest BCUT2D eigenvalue weighted by Crippen LogP contribution is -1.89. The van der Waals surface area contributed by atoms with Crippen LogP contribution >= 0.6 is 44.6 Å². The van der Waals surface area contributed by atoms with Crippen LogP contribution in [0.1, 0.15) is 0 Å². The van der Waals surface area contributed by atoms with Gasteiger partial charge < -0.3 is 0 Å². The summed E-state index contributed by atoms with van der Waals surface area (Å²) in [5.74, 6) is 0. The maximum Gasteiger partial charge on any atom is 0.262 e. The van der Waals surface area contributed by atoms with Crippen molar-refractivity contribution in [1.82, 2.24) is 0 Å². The van der Waals surface area contributed by atoms with Crippen LogP contribution in [0.3, 0.4) is 0 Å². The minimum absolute atomic E-state index is 0.212. The molecule has 0 bridgehead atoms. The van der Waals surface area contributed by atoms with E-state index in [2.05, 4.69) is 22.6 Å². The van der Waals surface area contributed by atoms with Crippen LogP contribution in [0.5, 0.6) is 0 Å². The van der Waals surface area contributed by atoms with Gasteiger partial charge in [-0.3, -0.25) is 0 Å². The van der Waals surface area contributed by atoms with E-state index in [9.17, 15) is 8.42 Å². The Morgan fingerprint density at radius 2 is 2.07 bits per heavy atom. The molecule has 1 heterocycles. The first-order valence-corrected chi connectivity index (χ1v) is 7.87. The van der Waals surface area contributed by atoms with Gasteiger partial charge in [0.2, 0.25) is 0 Å². The third-order valence-electron chi connectivity index (χ3n) is 1.78. The molecule has 74 valence electrons. The highest BCUT2D eigenvalue weighted by atomic mass is 127. The Labute approximate surface area is 103 Å². The zero-order valence-corrected chi connectivity index (χ0v) is 11.2. The summed E-state index contributed by atoms with van der Waals surface area (Å²) in [6.45, 7) is 0. The fraction of sp³-hybridized carbons (Fsp3) is 0. The highest BCUT2D eigenvalue weighted by Gasteiger charge is 2.17. The summed E-state index contributed by atoms with van der Waals surface area (Å²) >= 11 is 3.49. The van der Waals surface area contributed by atoms with Crippen molar-refractivity contribution < 1.29 is 8.42 Å². The Morgan fingerprint density at radius 1 is 1.36 bits per heavy atom. The quantitative estimate of drug-likeness (QED) is 0.578. The average Bonchev–Trinajstić information content (AvgIpc) is 2.47. The van der Waals surface area contributed by atoms with Crippen LogP contribution in [0, 0.1) is 3.57 Å². The van der Waals surface area contributed by atoms with E-state index in [-0.39, 0.29) is 4.90 Å². The summed E-state index contributed by atoms with van der Waals surface area (Å²) in [6.07, 6.45) is 0. The van der Waals surface area contributed by atoms with Gasteiger partial charge in [-0.15, -0.1) is 11.3 Å². The summed E-state index contributed by atoms with van der Waals surface area (Å²) in [5.41, 5.74) is 0. The Morgan fingerprint density at radius 3 is 2.71 bits per heavy atom. The molecule has 0 radical (unpaired) electrons. The summed E-state index contributed by atoms with van der Waals surface area (Å²) < 4.78 is 24.3. The Bertz CT molecular complexity index is 588. The van der Waals surface area contributed by atoms with Gasteiger partial charge in [-0.1, -0.05) is 6.07 Å². The first kappa shape index (κ1) is 10.7. The van der Waals surface area contributed by atoms with E-state index in [1.54, 1.807) is 5.38 Å². The van der Waals surface area contributed by atoms with Gasteiger partial charge in [0.25, 0.3) is 9.05 Å². The van der Waals surface area contributed by atoms with E-state index in [0.29, 0.717) is 0 Å². The van der Waals surface area contributed by atoms with Crippen molar-refractivity contribution in [1.29, 1.82) is 0 Å². The van der Waals surface area contributed by atoms with Crippen LogP contribution in [0.2, 0.25) is 0 Å². The molecule has 0 N–H and O–H groups in total. The van der Waals surface area contributed by atoms with Crippen LogP contribution in [0.4, 0.5) is 0 Å². The molecule has 0 saturated carbocycles. The second kappa shape index (κ2) is 3.62. The fourth-order valence-corrected chi connectivity index (χ4v) is 4.89. The first-order valence-electron chi connectivity index (χ1n) is 3.60. The minimum Gasteiger partial charge on any atom is -0.207 e. The number of hydrogen-bond donors (Lipinski definition) is 0. The SMILES string of the molecule is O=S(=O)(Cl)c1csc2cccc(I)c12. The standard InChI is InChI=1S/C8H4ClIO2S2/c9-14(11,12)7-4-13-6-3-1-2-5(10)8(6)7/h1-4H. The van der Waals surface area contributed by atoms with Gasteiger partial charge in [0, 0.05) is 29.7 Å². The van der Waals surface area contributed by atoms with E-state index in [4.69, 9.17) is 10.7 Å². The van der Waals surface area contributed by atoms with Crippen LogP contribution < -0.4 is 0 Å². The Kier molecular flexibility index (Phi) is 2.76. The minimum atomic E-state index is -3.63. The molecule has 2 aromatic rings. The highest BCUT2D eigenvalue weighted by molar-refractivity contribution is 14.1. The fourth-order valence-electron chi connectivity index (χ4n) is 1.20. The van der Waals surface area contributed by atoms with Crippen molar-refractivity contribution in [3.05, 3.63) is 27.1 Å². The predicted octanol–water partition coefficient (Wildman–Crippen LogP) is 3.43. The van der Waals surface area contributed by atoms with Gasteiger partial charge >= 0.3 is 0 Å². The normalized spacial score (nSPS) is 12.1. The molecule has 0 saturated heterocycles. The molecule has 0 atom stereocenters. The molecular formula is C8H4ClIO2S2. The lowest BCUT2D eigenvalue weighted by atomic mass is 10.3. The average molecular weight is 359 g/mol. The van der Waals surface area contributed by atoms with E-state index < -0.39 is 9.05 Å². The number of rotatable bonds is 1. The molecule has 0 amide bonds. The molecule has 0 aliphatic heterocycles. The van der Waals surface area contributed by atoms with Gasteiger partial charge in [-0.2, -0.15) is 0 Å². The van der Waals surface area contributed by atoms with Gasteiger partial charge in [-0.25, -0.2) is 8.42 Å². The van der Waals surface area contributed by atoms with Crippen molar-refractivity contribution >= 4 is 63.7 Å². The third-order valence-corrected chi connectivity index (χ3v) is 5.12. The van der Waals surface area contributed by atoms with Crippen molar-refractivity contribution in [2.24, 2.45) is 0 Å². The van der Waals surface area contributed by atoms with Crippen molar-refractivity contribution in [3.63, 3.8) is 0 Å². The maximum atomic E-state index is 11.2. The number of fused-ring (bicyclic) bond motifs is 1. The van der Waals surface area contributed by atoms with Crippen molar-refractivity contribution in [2.75, 3.05) is 0 Å². The smallest absolute Gasteiger partial charge is 0.207 e. The second-order valence-corrected chi connectivity index (χ2v) is 7.26. The van der Waals surface area contributed by atoms with E-state index >= 15 is 0 Å². The van der Waals surface area contributed by atoms with Crippen molar-refractivity contribution in [2.45, 2.75) is 4.90 Å². The maximum absolute atomic E-state index is 11.2. The van der Waals surface area contributed by atoms with Crippen LogP contribution in [-0.4, -0.2) is 8.42 Å². The summed E-state index contributed by atoms with van der Waals surface area (Å²) in [6, 6.07) is 5.64. The van der Waals surface area contributed by atoms with Crippen LogP contribution in [0.25, 0.3) is 10.1 Å². The topological polar surface area (TPSA) is 34.1 Å². The summed E-state index contributed by atoms with van der Waals surface area (Å²) in [4.78, 5) is 0.212. The molecule has 14 heavy (non-hydrogen) atoms. The highest BCUT2D eigenvalue weighted by Crippen LogP contribution is 2.34. The molecule has 1 aromatic carbocycles. The Hall–Kier alpha value is 0.150. The van der Waals surface area contributed by atoms with Gasteiger partial charge in [0.1, 0.15) is 4.90 Å². The molecule has 0 fully saturated rings. The molecule has 1 aromatic heterocycles. The largest absolute Gasteiger partial charge is 0.262 e. The van der Waals surface area contributed by atoms with Gasteiger partial charge in [0.15, 0.2) is 0 Å². The van der Waals surface area contributed by atoms with Crippen molar-refractivity contribution in [3.8, 4) is 0 Å². The van der Waals surface area contributed by atoms with Gasteiger partial charge in [-0.05, 0) is 34.7 Å². The molecule has 6 heteroatoms. The van der Waals surface area contributed by atoms with E-state index in [0.717, 1.165) is 13.7 Å². The molecule has 2 nitrogen and oxygen atoms in total. The number of halogens is 2. The molecular weight excluding hydrogens is 355 g/mol. The Balaban J connectivity index is 2.94. The first-order chi connectivity index (χ1) is 6.50. The zero-order valence-electron chi connectivity index (χ0n) is 6.70. The third kappa shape index (κ3) is 1.78. The van der Waals surface area contributed by atoms with Crippen LogP contribution in [0.15, 0.2) is 28.5 Å². The van der Waals surface area contributed by atoms with Gasteiger partial charge in [0.05, 0.1) is 0 Å². The molecule has 0 aliphatic rings. The molecule has 0 spiro atoms. The van der Waals surface area contributed by atoms with E-state index in [1.807, 2.05) is 18.2 Å². The monoisotopic (exact) mass is 358 g/mol. The zero-order chi connectivity index (χ0) is 10.3. The summed E-state index contributed by atoms with van der Waals surface area (Å²) in [5, 5.41) is 2.31. The lowest BCUT2D eigenvalue weighted by Gasteiger charge is -1.96. The number of hydrogen-bond acceptors (Lipinski definition) is 3. The predicted molar refractivity (Wildman–Crippen MR) is 67.6 cm³/mol. The second-order valence-electron chi connectivity index (χ2n) is 2.65. The molecule has 0 aliphatic carbocycles. The number of benzene rings is 1. The number of thiophene rings is 1. The lowest BCUT2D eigenvalue weighted by molar-refractivity contribution is 0.610. The molecule has 0 unspecified atom stereocenters. The van der Waals surface area contributed by atoms with E-state index in [1.165, 1.54) is 11.3 Å². The summed E-state index contributed by atoms with van der Waals surface area (Å²) in [7, 11) is 1.70. The van der Waals surface area contributed by atoms with Crippen LogP contribution in [-0.2, 0) is 9.05 Å².